The molecule has 0 amide bonds. The highest BCUT2D eigenvalue weighted by Crippen LogP contribution is 2.49. The molecule has 2 aliphatic rings. The van der Waals surface area contributed by atoms with Gasteiger partial charge in [0, 0.05) is 12.5 Å². The molecule has 0 aromatic heterocycles. The molecular weight excluding hydrogens is 296 g/mol. The lowest BCUT2D eigenvalue weighted by molar-refractivity contribution is -0.0346. The molecule has 2 aromatic carbocycles. The molecule has 2 heteroatoms. The third-order valence-corrected chi connectivity index (χ3v) is 9.09. The molecular formula is C21H26OSi. The van der Waals surface area contributed by atoms with Crippen LogP contribution in [0.25, 0.3) is 16.8 Å². The van der Waals surface area contributed by atoms with Gasteiger partial charge in [-0.25, -0.2) is 0 Å². The Labute approximate surface area is 140 Å². The van der Waals surface area contributed by atoms with Crippen LogP contribution in [0.4, 0.5) is 0 Å². The van der Waals surface area contributed by atoms with Crippen LogP contribution >= 0.6 is 0 Å². The maximum atomic E-state index is 6.63. The molecule has 2 unspecified atom stereocenters. The van der Waals surface area contributed by atoms with Crippen LogP contribution in [-0.4, -0.2) is 19.9 Å². The van der Waals surface area contributed by atoms with Crippen LogP contribution in [0, 0.1) is 0 Å². The predicted octanol–water partition coefficient (Wildman–Crippen LogP) is 5.77. The molecule has 1 aliphatic heterocycles. The first-order valence-corrected chi connectivity index (χ1v) is 12.4. The molecule has 4 rings (SSSR count). The van der Waals surface area contributed by atoms with Crippen LogP contribution in [0.3, 0.4) is 0 Å². The first-order chi connectivity index (χ1) is 11.0. The molecule has 1 nitrogen and oxygen atoms in total. The summed E-state index contributed by atoms with van der Waals surface area (Å²) >= 11 is 0. The topological polar surface area (TPSA) is 9.23 Å². The molecule has 0 N–H and O–H groups in total. The minimum Gasteiger partial charge on any atom is -0.378 e. The normalized spacial score (nSPS) is 27.3. The van der Waals surface area contributed by atoms with E-state index < -0.39 is 8.07 Å². The summed E-state index contributed by atoms with van der Waals surface area (Å²) in [6.07, 6.45) is 8.48. The lowest BCUT2D eigenvalue weighted by Gasteiger charge is -2.51. The Morgan fingerprint density at radius 1 is 1.04 bits per heavy atom. The van der Waals surface area contributed by atoms with Gasteiger partial charge in [0.25, 0.3) is 0 Å². The summed E-state index contributed by atoms with van der Waals surface area (Å²) in [7, 11) is -1.51. The summed E-state index contributed by atoms with van der Waals surface area (Å²) in [6, 6.07) is 13.4. The smallest absolute Gasteiger partial charge is 0.0836 e. The summed E-state index contributed by atoms with van der Waals surface area (Å²) in [5.74, 6) is 0.396. The lowest BCUT2D eigenvalue weighted by Crippen LogP contribution is -2.59. The number of hydrogen-bond acceptors (Lipinski definition) is 1. The second kappa shape index (κ2) is 5.32. The van der Waals surface area contributed by atoms with Crippen molar-refractivity contribution >= 4 is 24.9 Å². The average molecular weight is 323 g/mol. The fraction of sp³-hybridized carbons (Fsp3) is 0.429. The number of benzene rings is 2. The van der Waals surface area contributed by atoms with Gasteiger partial charge in [-0.3, -0.25) is 0 Å². The van der Waals surface area contributed by atoms with Crippen molar-refractivity contribution in [3.05, 3.63) is 53.6 Å². The first-order valence-electron chi connectivity index (χ1n) is 8.87. The van der Waals surface area contributed by atoms with Gasteiger partial charge in [0.15, 0.2) is 0 Å². The SMILES string of the molecule is C[Si](C)(C)C1(C2C=Cc3cccc4cccc2c34)CCCCO1. The van der Waals surface area contributed by atoms with Crippen LogP contribution in [0.15, 0.2) is 42.5 Å². The van der Waals surface area contributed by atoms with Gasteiger partial charge < -0.3 is 4.74 Å². The maximum Gasteiger partial charge on any atom is 0.0836 e. The average Bonchev–Trinajstić information content (AvgIpc) is 2.55. The van der Waals surface area contributed by atoms with E-state index in [9.17, 15) is 0 Å². The predicted molar refractivity (Wildman–Crippen MR) is 102 cm³/mol. The summed E-state index contributed by atoms with van der Waals surface area (Å²) in [6.45, 7) is 8.36. The summed E-state index contributed by atoms with van der Waals surface area (Å²) in [5, 5.41) is 2.83. The Morgan fingerprint density at radius 3 is 2.52 bits per heavy atom. The van der Waals surface area contributed by atoms with Gasteiger partial charge >= 0.3 is 0 Å². The van der Waals surface area contributed by atoms with E-state index in [1.165, 1.54) is 41.2 Å². The Balaban J connectivity index is 1.93. The zero-order valence-corrected chi connectivity index (χ0v) is 15.4. The third kappa shape index (κ3) is 2.23. The molecule has 0 saturated carbocycles. The number of ether oxygens (including phenoxy) is 1. The quantitative estimate of drug-likeness (QED) is 0.638. The molecule has 2 aromatic rings. The molecule has 1 aliphatic carbocycles. The zero-order chi connectivity index (χ0) is 16.1. The van der Waals surface area contributed by atoms with E-state index in [0.29, 0.717) is 5.92 Å². The highest BCUT2D eigenvalue weighted by molar-refractivity contribution is 6.79. The second-order valence-corrected chi connectivity index (χ2v) is 13.4. The molecule has 2 atom stereocenters. The van der Waals surface area contributed by atoms with E-state index in [2.05, 4.69) is 68.2 Å². The summed E-state index contributed by atoms with van der Waals surface area (Å²) < 4.78 is 6.63. The number of rotatable bonds is 2. The van der Waals surface area contributed by atoms with Crippen molar-refractivity contribution in [3.8, 4) is 0 Å². The molecule has 0 radical (unpaired) electrons. The molecule has 120 valence electrons. The molecule has 1 fully saturated rings. The highest BCUT2D eigenvalue weighted by atomic mass is 28.3. The van der Waals surface area contributed by atoms with Crippen molar-refractivity contribution in [1.29, 1.82) is 0 Å². The van der Waals surface area contributed by atoms with E-state index in [-0.39, 0.29) is 5.22 Å². The Kier molecular flexibility index (Phi) is 3.51. The Morgan fingerprint density at radius 2 is 1.83 bits per heavy atom. The Hall–Kier alpha value is -1.38. The zero-order valence-electron chi connectivity index (χ0n) is 14.4. The standard InChI is InChI=1S/C21H26OSi/c1-23(2,3)21(14-4-5-15-22-21)19-13-12-17-9-6-8-16-10-7-11-18(19)20(16)17/h6-13,19H,4-5,14-15H2,1-3H3. The van der Waals surface area contributed by atoms with Gasteiger partial charge in [0.05, 0.1) is 13.3 Å². The van der Waals surface area contributed by atoms with Crippen molar-refractivity contribution in [3.63, 3.8) is 0 Å². The van der Waals surface area contributed by atoms with E-state index >= 15 is 0 Å². The van der Waals surface area contributed by atoms with Gasteiger partial charge in [-0.2, -0.15) is 0 Å². The molecule has 0 spiro atoms. The van der Waals surface area contributed by atoms with Gasteiger partial charge in [-0.05, 0) is 41.2 Å². The lowest BCUT2D eigenvalue weighted by atomic mass is 9.80. The van der Waals surface area contributed by atoms with Crippen LogP contribution in [0.2, 0.25) is 19.6 Å². The van der Waals surface area contributed by atoms with Crippen molar-refractivity contribution in [2.24, 2.45) is 0 Å². The maximum absolute atomic E-state index is 6.63. The van der Waals surface area contributed by atoms with Gasteiger partial charge in [0.1, 0.15) is 0 Å². The van der Waals surface area contributed by atoms with Crippen molar-refractivity contribution in [1.82, 2.24) is 0 Å². The summed E-state index contributed by atoms with van der Waals surface area (Å²) in [4.78, 5) is 0. The van der Waals surface area contributed by atoms with E-state index in [1.807, 2.05) is 0 Å². The minimum atomic E-state index is -1.51. The van der Waals surface area contributed by atoms with Crippen LogP contribution in [-0.2, 0) is 4.74 Å². The van der Waals surface area contributed by atoms with Gasteiger partial charge in [-0.15, -0.1) is 0 Å². The van der Waals surface area contributed by atoms with E-state index in [1.54, 1.807) is 0 Å². The Bertz CT molecular complexity index is 758. The number of hydrogen-bond donors (Lipinski definition) is 0. The van der Waals surface area contributed by atoms with Crippen LogP contribution in [0.5, 0.6) is 0 Å². The monoisotopic (exact) mass is 322 g/mol. The molecule has 0 bridgehead atoms. The largest absolute Gasteiger partial charge is 0.378 e. The van der Waals surface area contributed by atoms with Crippen molar-refractivity contribution in [2.45, 2.75) is 50.0 Å². The first kappa shape index (κ1) is 15.2. The van der Waals surface area contributed by atoms with Crippen LogP contribution < -0.4 is 0 Å². The molecule has 1 saturated heterocycles. The van der Waals surface area contributed by atoms with Gasteiger partial charge in [-0.1, -0.05) is 68.2 Å². The van der Waals surface area contributed by atoms with Crippen molar-refractivity contribution < 1.29 is 4.74 Å². The fourth-order valence-corrected chi connectivity index (χ4v) is 7.27. The van der Waals surface area contributed by atoms with E-state index in [0.717, 1.165) is 6.61 Å². The fourth-order valence-electron chi connectivity index (χ4n) is 4.63. The summed E-state index contributed by atoms with van der Waals surface area (Å²) in [5.41, 5.74) is 2.83. The van der Waals surface area contributed by atoms with E-state index in [4.69, 9.17) is 4.74 Å². The molecule has 1 heterocycles. The molecule has 23 heavy (non-hydrogen) atoms. The minimum absolute atomic E-state index is 0.0313. The highest BCUT2D eigenvalue weighted by Gasteiger charge is 2.51. The van der Waals surface area contributed by atoms with Gasteiger partial charge in [0.2, 0.25) is 0 Å². The van der Waals surface area contributed by atoms with Crippen LogP contribution in [0.1, 0.15) is 36.3 Å². The van der Waals surface area contributed by atoms with Crippen molar-refractivity contribution in [2.75, 3.05) is 6.61 Å². The third-order valence-electron chi connectivity index (χ3n) is 5.85. The second-order valence-electron chi connectivity index (χ2n) is 8.07.